The molecule has 0 aliphatic heterocycles. The molecule has 1 atom stereocenters. The number of nitrogens with two attached hydrogens (primary N) is 1. The van der Waals surface area contributed by atoms with Crippen LogP contribution in [0.2, 0.25) is 5.02 Å². The molecule has 0 aromatic heterocycles. The van der Waals surface area contributed by atoms with Crippen LogP contribution in [0.25, 0.3) is 0 Å². The lowest BCUT2D eigenvalue weighted by molar-refractivity contribution is 0.429. The number of halogens is 4. The maximum Gasteiger partial charge on any atom is 0.166 e. The number of benzene rings is 2. The van der Waals surface area contributed by atoms with E-state index in [0.29, 0.717) is 16.5 Å². The minimum absolute atomic E-state index is 0.0391. The summed E-state index contributed by atoms with van der Waals surface area (Å²) < 4.78 is 33.5. The summed E-state index contributed by atoms with van der Waals surface area (Å²) in [5, 5.41) is -0.0430. The van der Waals surface area contributed by atoms with E-state index >= 15 is 0 Å². The van der Waals surface area contributed by atoms with Crippen LogP contribution in [0.1, 0.15) is 12.5 Å². The summed E-state index contributed by atoms with van der Waals surface area (Å²) in [6, 6.07) is 6.89. The topological polar surface area (TPSA) is 35.2 Å². The Kier molecular flexibility index (Phi) is 5.19. The van der Waals surface area contributed by atoms with Crippen LogP contribution in [0.5, 0.6) is 11.5 Å². The van der Waals surface area contributed by atoms with E-state index in [0.717, 1.165) is 6.07 Å². The predicted octanol–water partition coefficient (Wildman–Crippen LogP) is 5.06. The Hall–Kier alpha value is -1.17. The fraction of sp³-hybridized carbons (Fsp3) is 0.200. The maximum atomic E-state index is 14.0. The highest BCUT2D eigenvalue weighted by Gasteiger charge is 2.15. The smallest absolute Gasteiger partial charge is 0.166 e. The normalized spacial score (nSPS) is 12.3. The molecule has 1 unspecified atom stereocenters. The van der Waals surface area contributed by atoms with Crippen molar-refractivity contribution in [3.8, 4) is 11.5 Å². The molecule has 0 aliphatic rings. The molecule has 0 saturated carbocycles. The minimum atomic E-state index is -0.639. The molecule has 2 N–H and O–H groups in total. The van der Waals surface area contributed by atoms with Gasteiger partial charge in [0.15, 0.2) is 11.6 Å². The molecule has 0 bridgehead atoms. The van der Waals surface area contributed by atoms with Gasteiger partial charge in [-0.05, 0) is 47.0 Å². The Morgan fingerprint density at radius 3 is 2.67 bits per heavy atom. The molecule has 2 aromatic rings. The fourth-order valence-electron chi connectivity index (χ4n) is 1.87. The second-order valence-electron chi connectivity index (χ2n) is 4.71. The molecule has 0 radical (unpaired) electrons. The van der Waals surface area contributed by atoms with Gasteiger partial charge in [0.05, 0.1) is 9.50 Å². The van der Waals surface area contributed by atoms with Gasteiger partial charge in [-0.2, -0.15) is 0 Å². The molecule has 0 aliphatic carbocycles. The van der Waals surface area contributed by atoms with Crippen molar-refractivity contribution < 1.29 is 13.5 Å². The van der Waals surface area contributed by atoms with Gasteiger partial charge in [0.1, 0.15) is 11.6 Å². The SMILES string of the molecule is CC(N)Cc1cccc(F)c1Oc1cc(F)c(Cl)cc1Br. The van der Waals surface area contributed by atoms with Crippen molar-refractivity contribution >= 4 is 27.5 Å². The third-order valence-electron chi connectivity index (χ3n) is 2.78. The van der Waals surface area contributed by atoms with E-state index in [1.54, 1.807) is 12.1 Å². The average molecular weight is 377 g/mol. The monoisotopic (exact) mass is 375 g/mol. The first kappa shape index (κ1) is 16.2. The average Bonchev–Trinajstić information content (AvgIpc) is 2.39. The molecule has 2 aromatic carbocycles. The van der Waals surface area contributed by atoms with Crippen LogP contribution in [-0.4, -0.2) is 6.04 Å². The van der Waals surface area contributed by atoms with Crippen LogP contribution >= 0.6 is 27.5 Å². The Bertz CT molecular complexity index is 664. The zero-order valence-electron chi connectivity index (χ0n) is 11.2. The van der Waals surface area contributed by atoms with Gasteiger partial charge in [-0.15, -0.1) is 0 Å². The van der Waals surface area contributed by atoms with E-state index in [2.05, 4.69) is 15.9 Å². The summed E-state index contributed by atoms with van der Waals surface area (Å²) in [5.41, 5.74) is 6.36. The van der Waals surface area contributed by atoms with Gasteiger partial charge in [-0.25, -0.2) is 8.78 Å². The van der Waals surface area contributed by atoms with E-state index in [1.807, 2.05) is 6.92 Å². The van der Waals surface area contributed by atoms with Gasteiger partial charge >= 0.3 is 0 Å². The second-order valence-corrected chi connectivity index (χ2v) is 5.97. The fourth-order valence-corrected chi connectivity index (χ4v) is 2.59. The van der Waals surface area contributed by atoms with Gasteiger partial charge < -0.3 is 10.5 Å². The number of hydrogen-bond donors (Lipinski definition) is 1. The van der Waals surface area contributed by atoms with Crippen molar-refractivity contribution in [2.75, 3.05) is 0 Å². The number of ether oxygens (including phenoxy) is 1. The molecule has 0 heterocycles. The Labute approximate surface area is 135 Å². The summed E-state index contributed by atoms with van der Waals surface area (Å²) in [6.07, 6.45) is 0.445. The van der Waals surface area contributed by atoms with Crippen molar-refractivity contribution in [1.29, 1.82) is 0 Å². The number of rotatable bonds is 4. The summed E-state index contributed by atoms with van der Waals surface area (Å²) in [5.74, 6) is -0.986. The molecular weight excluding hydrogens is 364 g/mol. The first-order valence-corrected chi connectivity index (χ1v) is 7.41. The lowest BCUT2D eigenvalue weighted by atomic mass is 10.1. The van der Waals surface area contributed by atoms with Crippen molar-refractivity contribution in [3.05, 3.63) is 57.0 Å². The van der Waals surface area contributed by atoms with E-state index in [4.69, 9.17) is 22.1 Å². The Balaban J connectivity index is 2.42. The summed E-state index contributed by atoms with van der Waals surface area (Å²) in [7, 11) is 0. The van der Waals surface area contributed by atoms with E-state index in [9.17, 15) is 8.78 Å². The lowest BCUT2D eigenvalue weighted by Gasteiger charge is -2.15. The van der Waals surface area contributed by atoms with Crippen LogP contribution in [-0.2, 0) is 6.42 Å². The zero-order chi connectivity index (χ0) is 15.6. The molecule has 112 valence electrons. The van der Waals surface area contributed by atoms with Gasteiger partial charge in [0.2, 0.25) is 0 Å². The van der Waals surface area contributed by atoms with Crippen LogP contribution in [0.15, 0.2) is 34.8 Å². The summed E-state index contributed by atoms with van der Waals surface area (Å²) in [6.45, 7) is 1.81. The highest BCUT2D eigenvalue weighted by atomic mass is 79.9. The van der Waals surface area contributed by atoms with Gasteiger partial charge in [0, 0.05) is 12.1 Å². The second kappa shape index (κ2) is 6.73. The number of hydrogen-bond acceptors (Lipinski definition) is 2. The molecule has 6 heteroatoms. The van der Waals surface area contributed by atoms with E-state index in [-0.39, 0.29) is 22.6 Å². The first-order chi connectivity index (χ1) is 9.88. The molecule has 0 fully saturated rings. The van der Waals surface area contributed by atoms with Crippen molar-refractivity contribution in [2.24, 2.45) is 5.73 Å². The third-order valence-corrected chi connectivity index (χ3v) is 3.69. The lowest BCUT2D eigenvalue weighted by Crippen LogP contribution is -2.18. The molecule has 2 rings (SSSR count). The number of para-hydroxylation sites is 1. The standard InChI is InChI=1S/C15H13BrClF2NO/c1-8(20)5-9-3-2-4-12(18)15(9)21-14-7-13(19)11(17)6-10(14)16/h2-4,6-8H,5,20H2,1H3. The summed E-state index contributed by atoms with van der Waals surface area (Å²) in [4.78, 5) is 0. The minimum Gasteiger partial charge on any atom is -0.453 e. The first-order valence-electron chi connectivity index (χ1n) is 6.24. The molecule has 0 amide bonds. The van der Waals surface area contributed by atoms with Crippen LogP contribution in [0, 0.1) is 11.6 Å². The summed E-state index contributed by atoms with van der Waals surface area (Å²) >= 11 is 8.88. The van der Waals surface area contributed by atoms with E-state index in [1.165, 1.54) is 12.1 Å². The molecule has 0 spiro atoms. The van der Waals surface area contributed by atoms with E-state index < -0.39 is 11.6 Å². The highest BCUT2D eigenvalue weighted by molar-refractivity contribution is 9.10. The van der Waals surface area contributed by atoms with Crippen LogP contribution in [0.4, 0.5) is 8.78 Å². The Morgan fingerprint density at radius 2 is 2.00 bits per heavy atom. The van der Waals surface area contributed by atoms with Crippen molar-refractivity contribution in [2.45, 2.75) is 19.4 Å². The molecule has 2 nitrogen and oxygen atoms in total. The van der Waals surface area contributed by atoms with Crippen molar-refractivity contribution in [3.63, 3.8) is 0 Å². The quantitative estimate of drug-likeness (QED) is 0.757. The largest absolute Gasteiger partial charge is 0.453 e. The Morgan fingerprint density at radius 1 is 1.29 bits per heavy atom. The van der Waals surface area contributed by atoms with Gasteiger partial charge in [-0.1, -0.05) is 23.7 Å². The molecule has 0 saturated heterocycles. The molecule has 21 heavy (non-hydrogen) atoms. The third kappa shape index (κ3) is 3.93. The van der Waals surface area contributed by atoms with Crippen LogP contribution < -0.4 is 10.5 Å². The van der Waals surface area contributed by atoms with Crippen LogP contribution in [0.3, 0.4) is 0 Å². The predicted molar refractivity (Wildman–Crippen MR) is 82.9 cm³/mol. The maximum absolute atomic E-state index is 14.0. The molecular formula is C15H13BrClF2NO. The van der Waals surface area contributed by atoms with Crippen molar-refractivity contribution in [1.82, 2.24) is 0 Å². The van der Waals surface area contributed by atoms with Gasteiger partial charge in [0.25, 0.3) is 0 Å². The van der Waals surface area contributed by atoms with Gasteiger partial charge in [-0.3, -0.25) is 0 Å². The highest BCUT2D eigenvalue weighted by Crippen LogP contribution is 2.36. The zero-order valence-corrected chi connectivity index (χ0v) is 13.5.